The number of fused-ring (bicyclic) bond motifs is 1. The molecule has 0 amide bonds. The highest BCUT2D eigenvalue weighted by molar-refractivity contribution is 7.13. The Bertz CT molecular complexity index is 707. The first-order chi connectivity index (χ1) is 9.02. The summed E-state index contributed by atoms with van der Waals surface area (Å²) in [5, 5.41) is 10.6. The molecule has 0 radical (unpaired) electrons. The van der Waals surface area contributed by atoms with Crippen LogP contribution in [0.15, 0.2) is 29.9 Å². The Morgan fingerprint density at radius 2 is 2.11 bits per heavy atom. The maximum atomic E-state index is 4.59. The number of aromatic nitrogens is 4. The van der Waals surface area contributed by atoms with Crippen LogP contribution in [-0.4, -0.2) is 19.6 Å². The van der Waals surface area contributed by atoms with Crippen LogP contribution < -0.4 is 5.32 Å². The Morgan fingerprint density at radius 1 is 1.26 bits per heavy atom. The van der Waals surface area contributed by atoms with E-state index >= 15 is 0 Å². The zero-order valence-corrected chi connectivity index (χ0v) is 11.9. The van der Waals surface area contributed by atoms with Crippen LogP contribution in [0.4, 0.5) is 10.9 Å². The fourth-order valence-electron chi connectivity index (χ4n) is 1.67. The SMILES string of the molecule is CC(C)(C)c1csc(Nc2ccc3nccn3n2)n1. The summed E-state index contributed by atoms with van der Waals surface area (Å²) in [6.45, 7) is 6.46. The molecule has 3 aromatic rings. The van der Waals surface area contributed by atoms with Crippen LogP contribution in [0.1, 0.15) is 26.5 Å². The third-order valence-electron chi connectivity index (χ3n) is 2.76. The lowest BCUT2D eigenvalue weighted by Gasteiger charge is -2.14. The number of nitrogens with zero attached hydrogens (tertiary/aromatic N) is 4. The van der Waals surface area contributed by atoms with Crippen LogP contribution in [0.2, 0.25) is 0 Å². The van der Waals surface area contributed by atoms with Crippen LogP contribution >= 0.6 is 11.3 Å². The molecule has 0 atom stereocenters. The van der Waals surface area contributed by atoms with Crippen molar-refractivity contribution in [2.45, 2.75) is 26.2 Å². The summed E-state index contributed by atoms with van der Waals surface area (Å²) in [5.74, 6) is 0.764. The molecule has 0 saturated heterocycles. The molecule has 0 aliphatic heterocycles. The maximum absolute atomic E-state index is 4.59. The third-order valence-corrected chi connectivity index (χ3v) is 3.52. The molecule has 0 aromatic carbocycles. The van der Waals surface area contributed by atoms with E-state index in [0.717, 1.165) is 22.3 Å². The van der Waals surface area contributed by atoms with Crippen molar-refractivity contribution in [3.63, 3.8) is 0 Å². The van der Waals surface area contributed by atoms with Crippen LogP contribution in [-0.2, 0) is 5.41 Å². The second-order valence-corrected chi connectivity index (χ2v) is 6.22. The van der Waals surface area contributed by atoms with E-state index in [0.29, 0.717) is 0 Å². The highest BCUT2D eigenvalue weighted by Gasteiger charge is 2.17. The molecule has 0 aliphatic carbocycles. The van der Waals surface area contributed by atoms with Gasteiger partial charge in [0.1, 0.15) is 0 Å². The van der Waals surface area contributed by atoms with E-state index in [1.54, 1.807) is 22.0 Å². The lowest BCUT2D eigenvalue weighted by atomic mass is 9.93. The van der Waals surface area contributed by atoms with Crippen molar-refractivity contribution >= 4 is 27.9 Å². The van der Waals surface area contributed by atoms with Gasteiger partial charge in [0, 0.05) is 23.2 Å². The van der Waals surface area contributed by atoms with Gasteiger partial charge in [0.25, 0.3) is 0 Å². The van der Waals surface area contributed by atoms with Gasteiger partial charge in [-0.25, -0.2) is 14.5 Å². The van der Waals surface area contributed by atoms with Gasteiger partial charge in [0.15, 0.2) is 16.6 Å². The molecule has 19 heavy (non-hydrogen) atoms. The highest BCUT2D eigenvalue weighted by atomic mass is 32.1. The minimum Gasteiger partial charge on any atom is -0.315 e. The first-order valence-corrected chi connectivity index (χ1v) is 6.94. The van der Waals surface area contributed by atoms with Gasteiger partial charge in [-0.1, -0.05) is 20.8 Å². The van der Waals surface area contributed by atoms with Crippen molar-refractivity contribution in [2.24, 2.45) is 0 Å². The number of hydrogen-bond donors (Lipinski definition) is 1. The standard InChI is InChI=1S/C13H15N5S/c1-13(2,3)9-8-19-12(15-9)16-10-4-5-11-14-6-7-18(11)17-10/h4-8H,1-3H3,(H,15,16,17). The summed E-state index contributed by atoms with van der Waals surface area (Å²) in [6, 6.07) is 3.83. The van der Waals surface area contributed by atoms with Crippen LogP contribution in [0.5, 0.6) is 0 Å². The number of hydrogen-bond acceptors (Lipinski definition) is 5. The molecular formula is C13H15N5S. The molecule has 0 saturated carbocycles. The van der Waals surface area contributed by atoms with E-state index in [4.69, 9.17) is 0 Å². The summed E-state index contributed by atoms with van der Waals surface area (Å²) >= 11 is 1.59. The van der Waals surface area contributed by atoms with E-state index in [1.165, 1.54) is 0 Å². The quantitative estimate of drug-likeness (QED) is 0.779. The number of imidazole rings is 1. The van der Waals surface area contributed by atoms with E-state index in [2.05, 4.69) is 46.5 Å². The second kappa shape index (κ2) is 4.31. The highest BCUT2D eigenvalue weighted by Crippen LogP contribution is 2.27. The van der Waals surface area contributed by atoms with Gasteiger partial charge in [0.05, 0.1) is 5.69 Å². The molecule has 3 rings (SSSR count). The van der Waals surface area contributed by atoms with Gasteiger partial charge >= 0.3 is 0 Å². The lowest BCUT2D eigenvalue weighted by Crippen LogP contribution is -2.11. The topological polar surface area (TPSA) is 55.1 Å². The Kier molecular flexibility index (Phi) is 2.74. The van der Waals surface area contributed by atoms with Crippen molar-refractivity contribution in [1.82, 2.24) is 19.6 Å². The predicted octanol–water partition coefficient (Wildman–Crippen LogP) is 3.23. The van der Waals surface area contributed by atoms with Crippen LogP contribution in [0.3, 0.4) is 0 Å². The van der Waals surface area contributed by atoms with Gasteiger partial charge in [-0.3, -0.25) is 0 Å². The van der Waals surface area contributed by atoms with Crippen molar-refractivity contribution in [2.75, 3.05) is 5.32 Å². The minimum absolute atomic E-state index is 0.0676. The molecule has 0 bridgehead atoms. The molecule has 0 fully saturated rings. The Balaban J connectivity index is 1.86. The van der Waals surface area contributed by atoms with Gasteiger partial charge in [0.2, 0.25) is 0 Å². The molecule has 1 N–H and O–H groups in total. The molecular weight excluding hydrogens is 258 g/mol. The fourth-order valence-corrected chi connectivity index (χ4v) is 2.61. The van der Waals surface area contributed by atoms with Gasteiger partial charge in [-0.2, -0.15) is 0 Å². The average Bonchev–Trinajstić information content (AvgIpc) is 2.95. The van der Waals surface area contributed by atoms with Crippen molar-refractivity contribution in [1.29, 1.82) is 0 Å². The lowest BCUT2D eigenvalue weighted by molar-refractivity contribution is 0.573. The van der Waals surface area contributed by atoms with Crippen LogP contribution in [0.25, 0.3) is 5.65 Å². The van der Waals surface area contributed by atoms with Crippen LogP contribution in [0, 0.1) is 0 Å². The third kappa shape index (κ3) is 2.44. The Labute approximate surface area is 115 Å². The molecule has 6 heteroatoms. The maximum Gasteiger partial charge on any atom is 0.188 e. The van der Waals surface area contributed by atoms with E-state index in [-0.39, 0.29) is 5.41 Å². The number of rotatable bonds is 2. The summed E-state index contributed by atoms with van der Waals surface area (Å²) in [6.07, 6.45) is 3.55. The smallest absolute Gasteiger partial charge is 0.188 e. The molecule has 0 spiro atoms. The predicted molar refractivity (Wildman–Crippen MR) is 77.1 cm³/mol. The first-order valence-electron chi connectivity index (χ1n) is 6.06. The van der Waals surface area contributed by atoms with Gasteiger partial charge < -0.3 is 5.32 Å². The summed E-state index contributed by atoms with van der Waals surface area (Å²) in [5.41, 5.74) is 1.99. The normalized spacial score (nSPS) is 11.9. The molecule has 0 unspecified atom stereocenters. The number of nitrogens with one attached hydrogen (secondary N) is 1. The second-order valence-electron chi connectivity index (χ2n) is 5.36. The monoisotopic (exact) mass is 273 g/mol. The zero-order chi connectivity index (χ0) is 13.5. The number of anilines is 2. The van der Waals surface area contributed by atoms with E-state index in [1.807, 2.05) is 18.3 Å². The van der Waals surface area contributed by atoms with E-state index in [9.17, 15) is 0 Å². The molecule has 3 heterocycles. The molecule has 5 nitrogen and oxygen atoms in total. The molecule has 98 valence electrons. The minimum atomic E-state index is 0.0676. The Morgan fingerprint density at radius 3 is 2.84 bits per heavy atom. The van der Waals surface area contributed by atoms with E-state index < -0.39 is 0 Å². The summed E-state index contributed by atoms with van der Waals surface area (Å²) in [4.78, 5) is 8.75. The molecule has 0 aliphatic rings. The largest absolute Gasteiger partial charge is 0.315 e. The average molecular weight is 273 g/mol. The Hall–Kier alpha value is -1.95. The zero-order valence-electron chi connectivity index (χ0n) is 11.1. The van der Waals surface area contributed by atoms with Crippen molar-refractivity contribution < 1.29 is 0 Å². The summed E-state index contributed by atoms with van der Waals surface area (Å²) in [7, 11) is 0. The van der Waals surface area contributed by atoms with Crippen molar-refractivity contribution in [3.8, 4) is 0 Å². The molecule has 3 aromatic heterocycles. The first kappa shape index (κ1) is 12.1. The van der Waals surface area contributed by atoms with Gasteiger partial charge in [-0.05, 0) is 12.1 Å². The number of thiazole rings is 1. The van der Waals surface area contributed by atoms with Crippen molar-refractivity contribution in [3.05, 3.63) is 35.6 Å². The fraction of sp³-hybridized carbons (Fsp3) is 0.308. The summed E-state index contributed by atoms with van der Waals surface area (Å²) < 4.78 is 1.74. The van der Waals surface area contributed by atoms with Gasteiger partial charge in [-0.15, -0.1) is 16.4 Å².